The summed E-state index contributed by atoms with van der Waals surface area (Å²) in [6, 6.07) is 15.1. The molecular weight excluding hydrogens is 368 g/mol. The first-order valence-corrected chi connectivity index (χ1v) is 9.70. The van der Waals surface area contributed by atoms with Gasteiger partial charge >= 0.3 is 0 Å². The molecule has 1 aromatic heterocycles. The van der Waals surface area contributed by atoms with E-state index in [4.69, 9.17) is 21.3 Å². The summed E-state index contributed by atoms with van der Waals surface area (Å²) in [5, 5.41) is 2.06. The third-order valence-corrected chi connectivity index (χ3v) is 5.70. The number of halogens is 1. The van der Waals surface area contributed by atoms with E-state index < -0.39 is 0 Å². The second-order valence-electron chi connectivity index (χ2n) is 6.17. The Labute approximate surface area is 162 Å². The highest BCUT2D eigenvalue weighted by Gasteiger charge is 2.20. The summed E-state index contributed by atoms with van der Waals surface area (Å²) < 4.78 is 7.00. The molecule has 4 nitrogen and oxygen atoms in total. The Hall–Kier alpha value is -1.82. The molecule has 136 valence electrons. The van der Waals surface area contributed by atoms with Crippen LogP contribution in [0.5, 0.6) is 0 Å². The van der Waals surface area contributed by atoms with Crippen LogP contribution in [0, 0.1) is 0 Å². The van der Waals surface area contributed by atoms with Crippen LogP contribution < -0.4 is 5.56 Å². The third kappa shape index (κ3) is 3.80. The third-order valence-electron chi connectivity index (χ3n) is 4.25. The maximum absolute atomic E-state index is 13.1. The standard InChI is InChI=1S/C20H21ClN2O2S/c1-13(12-25-3)23-19(24)16-9-5-7-11-18(16)22-20(23)26-14(2)15-8-4-6-10-17(15)21/h4-11,13-14H,12H2,1-3H3/t13-,14+/m0/s1. The first-order chi connectivity index (χ1) is 12.5. The van der Waals surface area contributed by atoms with E-state index in [1.54, 1.807) is 11.7 Å². The van der Waals surface area contributed by atoms with E-state index in [-0.39, 0.29) is 16.9 Å². The zero-order chi connectivity index (χ0) is 18.7. The molecular formula is C20H21ClN2O2S. The minimum Gasteiger partial charge on any atom is -0.383 e. The van der Waals surface area contributed by atoms with E-state index in [2.05, 4.69) is 6.92 Å². The van der Waals surface area contributed by atoms with E-state index in [0.717, 1.165) is 5.56 Å². The predicted molar refractivity (Wildman–Crippen MR) is 108 cm³/mol. The largest absolute Gasteiger partial charge is 0.383 e. The molecule has 0 radical (unpaired) electrons. The predicted octanol–water partition coefficient (Wildman–Crippen LogP) is 5.11. The van der Waals surface area contributed by atoms with E-state index in [1.165, 1.54) is 11.8 Å². The lowest BCUT2D eigenvalue weighted by Gasteiger charge is -2.21. The molecule has 2 aromatic carbocycles. The molecule has 0 saturated carbocycles. The monoisotopic (exact) mass is 388 g/mol. The van der Waals surface area contributed by atoms with Crippen molar-refractivity contribution in [2.24, 2.45) is 0 Å². The van der Waals surface area contributed by atoms with Gasteiger partial charge in [-0.15, -0.1) is 0 Å². The van der Waals surface area contributed by atoms with Gasteiger partial charge in [-0.05, 0) is 37.6 Å². The van der Waals surface area contributed by atoms with Crippen LogP contribution in [0.4, 0.5) is 0 Å². The van der Waals surface area contributed by atoms with Gasteiger partial charge in [0.05, 0.1) is 23.6 Å². The van der Waals surface area contributed by atoms with Crippen LogP contribution in [0.15, 0.2) is 58.5 Å². The van der Waals surface area contributed by atoms with Crippen LogP contribution in [0.2, 0.25) is 5.02 Å². The number of ether oxygens (including phenoxy) is 1. The number of hydrogen-bond acceptors (Lipinski definition) is 4. The van der Waals surface area contributed by atoms with Gasteiger partial charge in [0.1, 0.15) is 0 Å². The van der Waals surface area contributed by atoms with Gasteiger partial charge in [-0.3, -0.25) is 9.36 Å². The van der Waals surface area contributed by atoms with Gasteiger partial charge in [0.15, 0.2) is 5.16 Å². The number of thioether (sulfide) groups is 1. The van der Waals surface area contributed by atoms with Crippen molar-refractivity contribution in [3.63, 3.8) is 0 Å². The van der Waals surface area contributed by atoms with Crippen molar-refractivity contribution in [1.82, 2.24) is 9.55 Å². The van der Waals surface area contributed by atoms with Gasteiger partial charge in [-0.25, -0.2) is 4.98 Å². The molecule has 0 aliphatic heterocycles. The summed E-state index contributed by atoms with van der Waals surface area (Å²) in [6.07, 6.45) is 0. The lowest BCUT2D eigenvalue weighted by molar-refractivity contribution is 0.156. The van der Waals surface area contributed by atoms with Crippen molar-refractivity contribution in [3.8, 4) is 0 Å². The number of fused-ring (bicyclic) bond motifs is 1. The Bertz CT molecular complexity index is 973. The summed E-state index contributed by atoms with van der Waals surface area (Å²) in [7, 11) is 1.63. The van der Waals surface area contributed by atoms with Crippen LogP contribution in [0.25, 0.3) is 10.9 Å². The Morgan fingerprint density at radius 2 is 1.85 bits per heavy atom. The fourth-order valence-electron chi connectivity index (χ4n) is 2.94. The number of para-hydroxylation sites is 1. The Kier molecular flexibility index (Phi) is 6.01. The van der Waals surface area contributed by atoms with E-state index in [9.17, 15) is 4.79 Å². The second-order valence-corrected chi connectivity index (χ2v) is 7.89. The number of methoxy groups -OCH3 is 1. The molecule has 0 spiro atoms. The minimum absolute atomic E-state index is 0.0472. The van der Waals surface area contributed by atoms with Crippen LogP contribution in [-0.4, -0.2) is 23.3 Å². The van der Waals surface area contributed by atoms with Crippen molar-refractivity contribution in [2.45, 2.75) is 30.3 Å². The lowest BCUT2D eigenvalue weighted by Crippen LogP contribution is -2.28. The van der Waals surface area contributed by atoms with Crippen molar-refractivity contribution in [3.05, 3.63) is 69.5 Å². The summed E-state index contributed by atoms with van der Waals surface area (Å²) in [5.41, 5.74) is 1.67. The maximum Gasteiger partial charge on any atom is 0.262 e. The zero-order valence-corrected chi connectivity index (χ0v) is 16.6. The molecule has 0 aliphatic rings. The summed E-state index contributed by atoms with van der Waals surface area (Å²) >= 11 is 7.87. The molecule has 0 amide bonds. The zero-order valence-electron chi connectivity index (χ0n) is 15.0. The summed E-state index contributed by atoms with van der Waals surface area (Å²) in [5.74, 6) is 0. The van der Waals surface area contributed by atoms with Gasteiger partial charge in [0.25, 0.3) is 5.56 Å². The second kappa shape index (κ2) is 8.25. The molecule has 1 heterocycles. The highest BCUT2D eigenvalue weighted by Crippen LogP contribution is 2.37. The van der Waals surface area contributed by atoms with Gasteiger partial charge in [-0.2, -0.15) is 0 Å². The van der Waals surface area contributed by atoms with Crippen molar-refractivity contribution < 1.29 is 4.74 Å². The molecule has 26 heavy (non-hydrogen) atoms. The van der Waals surface area contributed by atoms with E-state index in [0.29, 0.717) is 27.7 Å². The number of benzene rings is 2. The first kappa shape index (κ1) is 19.0. The number of aromatic nitrogens is 2. The van der Waals surface area contributed by atoms with Crippen LogP contribution >= 0.6 is 23.4 Å². The average molecular weight is 389 g/mol. The Morgan fingerprint density at radius 1 is 1.15 bits per heavy atom. The maximum atomic E-state index is 13.1. The average Bonchev–Trinajstić information content (AvgIpc) is 2.62. The van der Waals surface area contributed by atoms with Gasteiger partial charge in [-0.1, -0.05) is 53.7 Å². The Balaban J connectivity index is 2.10. The quantitative estimate of drug-likeness (QED) is 0.434. The Morgan fingerprint density at radius 3 is 2.58 bits per heavy atom. The molecule has 3 aromatic rings. The number of rotatable bonds is 6. The fourth-order valence-corrected chi connectivity index (χ4v) is 4.48. The van der Waals surface area contributed by atoms with E-state index >= 15 is 0 Å². The molecule has 2 atom stereocenters. The normalized spacial score (nSPS) is 13.7. The molecule has 0 fully saturated rings. The van der Waals surface area contributed by atoms with Gasteiger partial charge in [0.2, 0.25) is 0 Å². The number of nitrogens with zero attached hydrogens (tertiary/aromatic N) is 2. The lowest BCUT2D eigenvalue weighted by atomic mass is 10.2. The molecule has 0 N–H and O–H groups in total. The topological polar surface area (TPSA) is 44.1 Å². The van der Waals surface area contributed by atoms with Gasteiger partial charge < -0.3 is 4.74 Å². The van der Waals surface area contributed by atoms with Crippen LogP contribution in [0.1, 0.15) is 30.7 Å². The molecule has 0 bridgehead atoms. The van der Waals surface area contributed by atoms with Crippen molar-refractivity contribution >= 4 is 34.3 Å². The summed E-state index contributed by atoms with van der Waals surface area (Å²) in [4.78, 5) is 17.8. The highest BCUT2D eigenvalue weighted by atomic mass is 35.5. The number of hydrogen-bond donors (Lipinski definition) is 0. The highest BCUT2D eigenvalue weighted by molar-refractivity contribution is 7.99. The van der Waals surface area contributed by atoms with Gasteiger partial charge in [0, 0.05) is 17.4 Å². The SMILES string of the molecule is COC[C@H](C)n1c(S[C@H](C)c2ccccc2Cl)nc2ccccc2c1=O. The smallest absolute Gasteiger partial charge is 0.262 e. The first-order valence-electron chi connectivity index (χ1n) is 8.44. The molecule has 0 unspecified atom stereocenters. The molecule has 0 saturated heterocycles. The fraction of sp³-hybridized carbons (Fsp3) is 0.300. The minimum atomic E-state index is -0.120. The molecule has 3 rings (SSSR count). The van der Waals surface area contributed by atoms with Crippen molar-refractivity contribution in [1.29, 1.82) is 0 Å². The van der Waals surface area contributed by atoms with Crippen LogP contribution in [0.3, 0.4) is 0 Å². The molecule has 6 heteroatoms. The molecule has 0 aliphatic carbocycles. The van der Waals surface area contributed by atoms with Crippen molar-refractivity contribution in [2.75, 3.05) is 13.7 Å². The summed E-state index contributed by atoms with van der Waals surface area (Å²) in [6.45, 7) is 4.47. The van der Waals surface area contributed by atoms with Crippen LogP contribution in [-0.2, 0) is 4.74 Å². The van der Waals surface area contributed by atoms with E-state index in [1.807, 2.05) is 55.5 Å².